The Hall–Kier alpha value is -6.81. The average Bonchev–Trinajstić information content (AvgIpc) is 3.93. The maximum atomic E-state index is 6.95. The van der Waals surface area contributed by atoms with Crippen LogP contribution in [0.25, 0.3) is 50.1 Å². The topological polar surface area (TPSA) is 35.9 Å². The number of nitrogens with zero attached hydrogens (tertiary/aromatic N) is 4. The van der Waals surface area contributed by atoms with Gasteiger partial charge in [0, 0.05) is 55.1 Å². The van der Waals surface area contributed by atoms with Crippen LogP contribution in [0, 0.1) is 18.5 Å². The van der Waals surface area contributed by atoms with Crippen LogP contribution in [0.3, 0.4) is 0 Å². The summed E-state index contributed by atoms with van der Waals surface area (Å²) in [5.41, 5.74) is 12.3. The van der Waals surface area contributed by atoms with Crippen molar-refractivity contribution in [3.63, 3.8) is 0 Å². The number of hydrogen-bond donors (Lipinski definition) is 0. The molecule has 0 aliphatic rings. The zero-order chi connectivity index (χ0) is 48.3. The number of fused-ring (bicyclic) bond motifs is 3. The van der Waals surface area contributed by atoms with Gasteiger partial charge >= 0.3 is 0 Å². The number of hydrogen-bond acceptors (Lipinski definition) is 2. The van der Waals surface area contributed by atoms with Gasteiger partial charge in [-0.2, -0.15) is 12.1 Å². The fourth-order valence-electron chi connectivity index (χ4n) is 9.95. The molecule has 3 heterocycles. The van der Waals surface area contributed by atoms with Crippen molar-refractivity contribution in [2.24, 2.45) is 0 Å². The molecule has 6 heteroatoms. The predicted molar refractivity (Wildman–Crippen MR) is 282 cm³/mol. The fourth-order valence-corrected chi connectivity index (χ4v) is 9.95. The van der Waals surface area contributed by atoms with Crippen LogP contribution in [0.15, 0.2) is 182 Å². The smallest absolute Gasteiger partial charge is 0.267 e. The van der Waals surface area contributed by atoms with Gasteiger partial charge in [-0.3, -0.25) is 4.57 Å². The molecule has 0 aliphatic heterocycles. The van der Waals surface area contributed by atoms with Crippen LogP contribution in [0.2, 0.25) is 0 Å². The van der Waals surface area contributed by atoms with E-state index in [0.29, 0.717) is 11.5 Å². The Morgan fingerprint density at radius 1 is 0.500 bits per heavy atom. The Morgan fingerprint density at radius 2 is 1.09 bits per heavy atom. The first-order valence-corrected chi connectivity index (χ1v) is 24.0. The first-order valence-electron chi connectivity index (χ1n) is 24.0. The Balaban J connectivity index is 0.00000608. The summed E-state index contributed by atoms with van der Waals surface area (Å²) in [5, 5.41) is 2.20. The number of para-hydroxylation sites is 1. The molecule has 7 aromatic carbocycles. The Labute approximate surface area is 428 Å². The minimum absolute atomic E-state index is 0. The molecule has 0 amide bonds. The van der Waals surface area contributed by atoms with Crippen molar-refractivity contribution < 1.29 is 30.4 Å². The molecule has 10 rings (SSSR count). The van der Waals surface area contributed by atoms with Gasteiger partial charge in [-0.05, 0) is 80.1 Å². The molecule has 10 aromatic rings. The first kappa shape index (κ1) is 48.2. The van der Waals surface area contributed by atoms with Crippen molar-refractivity contribution >= 4 is 21.8 Å². The molecule has 0 unspecified atom stereocenters. The van der Waals surface area contributed by atoms with E-state index in [1.54, 1.807) is 0 Å². The van der Waals surface area contributed by atoms with Crippen LogP contribution in [-0.4, -0.2) is 14.1 Å². The molecular formula is C64H60N4OPt-2. The molecule has 0 atom stereocenters. The van der Waals surface area contributed by atoms with Gasteiger partial charge in [0.1, 0.15) is 5.82 Å². The molecule has 0 spiro atoms. The zero-order valence-electron chi connectivity index (χ0n) is 41.8. The Kier molecular flexibility index (Phi) is 12.7. The Bertz CT molecular complexity index is 3460. The molecule has 5 nitrogen and oxygen atoms in total. The standard InChI is InChI=1S/C64H60N4O.Pt/c1-61(2,3)59-60(62(4,5)6)67(43-66(59)50-32-30-48(31-33-50)63(7,8)46-24-16-12-17-25-46)51-38-45(44-22-14-11-15-23-44)39-53(41-51)69-52-34-35-55-54-28-20-21-29-56(54)68(57(55)42-52)58-40-49(36-37-65-58)64(9,10)47-26-18-13-19-27-47;/h11-40H,1-10H3;/q-2;. The number of ether oxygens (including phenoxy) is 1. The molecule has 0 radical (unpaired) electrons. The Morgan fingerprint density at radius 3 is 1.71 bits per heavy atom. The molecule has 0 saturated carbocycles. The van der Waals surface area contributed by atoms with Crippen LogP contribution in [0.1, 0.15) is 103 Å². The van der Waals surface area contributed by atoms with E-state index in [1.165, 1.54) is 27.9 Å². The fraction of sp³-hybridized carbons (Fsp3) is 0.219. The zero-order valence-corrected chi connectivity index (χ0v) is 44.1. The third kappa shape index (κ3) is 8.97. The van der Waals surface area contributed by atoms with Crippen LogP contribution >= 0.6 is 0 Å². The maximum absolute atomic E-state index is 6.95. The molecule has 0 saturated heterocycles. The third-order valence-electron chi connectivity index (χ3n) is 13.8. The number of pyridine rings is 1. The van der Waals surface area contributed by atoms with Crippen molar-refractivity contribution in [1.82, 2.24) is 14.1 Å². The third-order valence-corrected chi connectivity index (χ3v) is 13.8. The molecule has 0 N–H and O–H groups in total. The van der Waals surface area contributed by atoms with E-state index in [9.17, 15) is 0 Å². The van der Waals surface area contributed by atoms with Crippen molar-refractivity contribution in [3.8, 4) is 39.8 Å². The summed E-state index contributed by atoms with van der Waals surface area (Å²) in [4.78, 5) is 4.98. The van der Waals surface area contributed by atoms with Gasteiger partial charge in [-0.1, -0.05) is 196 Å². The second-order valence-corrected chi connectivity index (χ2v) is 21.4. The van der Waals surface area contributed by atoms with Gasteiger partial charge in [0.05, 0.1) is 17.1 Å². The monoisotopic (exact) mass is 1100 g/mol. The van der Waals surface area contributed by atoms with E-state index >= 15 is 0 Å². The number of imidazole rings is 1. The number of rotatable bonds is 10. The predicted octanol–water partition coefficient (Wildman–Crippen LogP) is 15.4. The van der Waals surface area contributed by atoms with Gasteiger partial charge in [-0.25, -0.2) is 4.98 Å². The van der Waals surface area contributed by atoms with Gasteiger partial charge in [0.15, 0.2) is 0 Å². The molecule has 70 heavy (non-hydrogen) atoms. The van der Waals surface area contributed by atoms with E-state index in [2.05, 4.69) is 271 Å². The summed E-state index contributed by atoms with van der Waals surface area (Å²) in [6.07, 6.45) is 5.79. The van der Waals surface area contributed by atoms with Gasteiger partial charge in [-0.15, -0.1) is 35.2 Å². The molecule has 354 valence electrons. The van der Waals surface area contributed by atoms with Crippen molar-refractivity contribution in [1.29, 1.82) is 0 Å². The van der Waals surface area contributed by atoms with Gasteiger partial charge < -0.3 is 13.9 Å². The minimum Gasteiger partial charge on any atom is -0.510 e. The largest absolute Gasteiger partial charge is 0.510 e. The SMILES string of the molecule is CC(C)(C)c1c(C(C)(C)C)[n+](-c2ccc(C(C)(C)c3ccccc3)cc2)[c-]n1-c1[c-]c(Oc2[c-]c3c(cc2)c2ccccc2n3-c2cc(C(C)(C)c3ccccc3)ccn2)cc(-c2ccccc2)c1.[Pt]. The van der Waals surface area contributed by atoms with Crippen molar-refractivity contribution in [2.75, 3.05) is 0 Å². The summed E-state index contributed by atoms with van der Waals surface area (Å²) in [5.74, 6) is 1.98. The van der Waals surface area contributed by atoms with E-state index in [4.69, 9.17) is 9.72 Å². The molecule has 0 aliphatic carbocycles. The first-order chi connectivity index (χ1) is 33.0. The second kappa shape index (κ2) is 18.5. The summed E-state index contributed by atoms with van der Waals surface area (Å²) < 4.78 is 13.6. The van der Waals surface area contributed by atoms with Crippen LogP contribution in [0.4, 0.5) is 0 Å². The van der Waals surface area contributed by atoms with Crippen LogP contribution in [-0.2, 0) is 42.7 Å². The molecule has 0 fully saturated rings. The quantitative estimate of drug-likeness (QED) is 0.101. The van der Waals surface area contributed by atoms with Crippen LogP contribution < -0.4 is 9.30 Å². The maximum Gasteiger partial charge on any atom is 0.267 e. The normalized spacial score (nSPS) is 12.3. The summed E-state index contributed by atoms with van der Waals surface area (Å²) >= 11 is 0. The van der Waals surface area contributed by atoms with E-state index in [-0.39, 0.29) is 42.7 Å². The molecular weight excluding hydrogens is 1040 g/mol. The second-order valence-electron chi connectivity index (χ2n) is 21.4. The van der Waals surface area contributed by atoms with Crippen molar-refractivity contribution in [2.45, 2.75) is 90.9 Å². The summed E-state index contributed by atoms with van der Waals surface area (Å²) in [7, 11) is 0. The number of benzene rings is 7. The minimum atomic E-state index is -0.273. The molecule has 3 aromatic heterocycles. The summed E-state index contributed by atoms with van der Waals surface area (Å²) in [6, 6.07) is 69.6. The van der Waals surface area contributed by atoms with Gasteiger partial charge in [0.25, 0.3) is 6.33 Å². The van der Waals surface area contributed by atoms with Crippen LogP contribution in [0.5, 0.6) is 11.5 Å². The summed E-state index contributed by atoms with van der Waals surface area (Å²) in [6.45, 7) is 22.8. The van der Waals surface area contributed by atoms with Gasteiger partial charge in [0.2, 0.25) is 0 Å². The van der Waals surface area contributed by atoms with E-state index < -0.39 is 0 Å². The van der Waals surface area contributed by atoms with E-state index in [0.717, 1.165) is 55.8 Å². The van der Waals surface area contributed by atoms with E-state index in [1.807, 2.05) is 12.3 Å². The van der Waals surface area contributed by atoms with Crippen molar-refractivity contribution in [3.05, 3.63) is 234 Å². The number of aromatic nitrogens is 4. The molecule has 0 bridgehead atoms. The average molecular weight is 1100 g/mol.